The molecule has 1 aliphatic heterocycles. The van der Waals surface area contributed by atoms with Crippen LogP contribution >= 0.6 is 11.6 Å². The number of pyridine rings is 1. The molecule has 0 saturated heterocycles. The van der Waals surface area contributed by atoms with Crippen molar-refractivity contribution in [2.75, 3.05) is 0 Å². The van der Waals surface area contributed by atoms with Crippen molar-refractivity contribution in [3.63, 3.8) is 0 Å². The molecule has 9 heteroatoms. The number of nitrogens with zero attached hydrogens (tertiary/aromatic N) is 4. The van der Waals surface area contributed by atoms with Crippen LogP contribution in [0.15, 0.2) is 43.0 Å². The van der Waals surface area contributed by atoms with Gasteiger partial charge in [-0.25, -0.2) is 14.6 Å². The van der Waals surface area contributed by atoms with Crippen molar-refractivity contribution in [1.29, 1.82) is 0 Å². The van der Waals surface area contributed by atoms with Crippen LogP contribution in [0.4, 0.5) is 0 Å². The molecule has 0 saturated carbocycles. The Hall–Kier alpha value is -2.55. The van der Waals surface area contributed by atoms with Crippen molar-refractivity contribution in [2.24, 2.45) is 0 Å². The molecular weight excluding hydrogens is 366 g/mol. The van der Waals surface area contributed by atoms with Gasteiger partial charge in [0.25, 0.3) is 0 Å². The third kappa shape index (κ3) is 3.27. The Morgan fingerprint density at radius 3 is 2.85 bits per heavy atom. The van der Waals surface area contributed by atoms with Gasteiger partial charge in [-0.2, -0.15) is 5.10 Å². The van der Waals surface area contributed by atoms with E-state index in [4.69, 9.17) is 16.3 Å². The number of halogens is 1. The maximum absolute atomic E-state index is 12.7. The molecule has 1 aliphatic rings. The van der Waals surface area contributed by atoms with Gasteiger partial charge in [-0.15, -0.1) is 0 Å². The molecule has 0 aliphatic carbocycles. The van der Waals surface area contributed by atoms with Crippen LogP contribution in [-0.4, -0.2) is 37.7 Å². The van der Waals surface area contributed by atoms with Gasteiger partial charge >= 0.3 is 7.12 Å². The van der Waals surface area contributed by atoms with Gasteiger partial charge < -0.3 is 9.68 Å². The van der Waals surface area contributed by atoms with Crippen LogP contribution in [0.3, 0.4) is 0 Å². The molecule has 1 aromatic carbocycles. The number of ketones is 1. The smallest absolute Gasteiger partial charge is 0.423 e. The molecule has 27 heavy (non-hydrogen) atoms. The predicted molar refractivity (Wildman–Crippen MR) is 100 cm³/mol. The number of rotatable bonds is 4. The third-order valence-electron chi connectivity index (χ3n) is 4.59. The molecule has 0 atom stereocenters. The van der Waals surface area contributed by atoms with E-state index in [1.165, 1.54) is 17.3 Å². The summed E-state index contributed by atoms with van der Waals surface area (Å²) < 4.78 is 7.02. The van der Waals surface area contributed by atoms with Crippen molar-refractivity contribution in [3.8, 4) is 5.82 Å². The minimum absolute atomic E-state index is 0.110. The minimum atomic E-state index is -0.989. The maximum Gasteiger partial charge on any atom is 0.492 e. The second kappa shape index (κ2) is 6.56. The summed E-state index contributed by atoms with van der Waals surface area (Å²) >= 11 is 6.21. The number of benzene rings is 1. The maximum atomic E-state index is 12.7. The molecule has 0 radical (unpaired) electrons. The fourth-order valence-corrected chi connectivity index (χ4v) is 3.50. The standard InChI is InChI=1S/C18H16BClN4O3/c1-18(2)13-5-3-11(7-14(13)19(26)27-18)8-15(25)12-4-6-16(23-17(12)20)24-10-21-9-22-24/h3-7,9-10,26H,8H2,1-2H3. The molecular formula is C18H16BClN4O3. The zero-order valence-electron chi connectivity index (χ0n) is 14.8. The van der Waals surface area contributed by atoms with Crippen molar-refractivity contribution in [1.82, 2.24) is 19.7 Å². The molecule has 0 spiro atoms. The summed E-state index contributed by atoms with van der Waals surface area (Å²) in [7, 11) is -0.989. The van der Waals surface area contributed by atoms with E-state index in [2.05, 4.69) is 15.1 Å². The average Bonchev–Trinajstić information content (AvgIpc) is 3.22. The Bertz CT molecular complexity index is 1020. The highest BCUT2D eigenvalue weighted by atomic mass is 35.5. The van der Waals surface area contributed by atoms with Crippen molar-refractivity contribution >= 4 is 30.0 Å². The van der Waals surface area contributed by atoms with E-state index < -0.39 is 12.7 Å². The van der Waals surface area contributed by atoms with Gasteiger partial charge in [-0.05, 0) is 42.6 Å². The van der Waals surface area contributed by atoms with E-state index in [0.717, 1.165) is 11.1 Å². The molecule has 1 N–H and O–H groups in total. The first-order valence-electron chi connectivity index (χ1n) is 8.39. The highest BCUT2D eigenvalue weighted by Crippen LogP contribution is 2.30. The SMILES string of the molecule is CC1(C)OB(O)c2cc(CC(=O)c3ccc(-n4cncn4)nc3Cl)ccc21. The zero-order chi connectivity index (χ0) is 19.2. The number of fused-ring (bicyclic) bond motifs is 1. The molecule has 4 rings (SSSR count). The van der Waals surface area contributed by atoms with Gasteiger partial charge in [0.1, 0.15) is 17.8 Å². The first-order valence-corrected chi connectivity index (χ1v) is 8.77. The predicted octanol–water partition coefficient (Wildman–Crippen LogP) is 1.69. The van der Waals surface area contributed by atoms with Gasteiger partial charge in [-0.3, -0.25) is 4.79 Å². The van der Waals surface area contributed by atoms with Crippen LogP contribution in [0.2, 0.25) is 5.15 Å². The lowest BCUT2D eigenvalue weighted by Crippen LogP contribution is -2.29. The van der Waals surface area contributed by atoms with E-state index in [-0.39, 0.29) is 17.4 Å². The molecule has 2 aromatic heterocycles. The fraction of sp³-hybridized carbons (Fsp3) is 0.222. The van der Waals surface area contributed by atoms with Crippen LogP contribution in [-0.2, 0) is 16.7 Å². The lowest BCUT2D eigenvalue weighted by Gasteiger charge is -2.19. The Morgan fingerprint density at radius 1 is 1.33 bits per heavy atom. The van der Waals surface area contributed by atoms with Crippen molar-refractivity contribution in [3.05, 3.63) is 64.8 Å². The van der Waals surface area contributed by atoms with Gasteiger partial charge in [0.05, 0.1) is 11.2 Å². The van der Waals surface area contributed by atoms with Crippen LogP contribution < -0.4 is 5.46 Å². The van der Waals surface area contributed by atoms with Gasteiger partial charge in [0.15, 0.2) is 11.6 Å². The van der Waals surface area contributed by atoms with Gasteiger partial charge in [0, 0.05) is 6.42 Å². The number of carbonyl (C=O) groups excluding carboxylic acids is 1. The highest BCUT2D eigenvalue weighted by Gasteiger charge is 2.40. The molecule has 136 valence electrons. The molecule has 0 amide bonds. The number of carbonyl (C=O) groups is 1. The largest absolute Gasteiger partial charge is 0.492 e. The molecule has 7 nitrogen and oxygen atoms in total. The Morgan fingerprint density at radius 2 is 2.15 bits per heavy atom. The molecule has 3 aromatic rings. The summed E-state index contributed by atoms with van der Waals surface area (Å²) in [6.45, 7) is 3.80. The topological polar surface area (TPSA) is 90.1 Å². The van der Waals surface area contributed by atoms with E-state index in [1.807, 2.05) is 26.0 Å². The Labute approximate surface area is 161 Å². The number of hydrogen-bond acceptors (Lipinski definition) is 6. The van der Waals surface area contributed by atoms with E-state index in [9.17, 15) is 9.82 Å². The van der Waals surface area contributed by atoms with Crippen molar-refractivity contribution in [2.45, 2.75) is 25.9 Å². The monoisotopic (exact) mass is 382 g/mol. The van der Waals surface area contributed by atoms with Crippen LogP contribution in [0.25, 0.3) is 5.82 Å². The summed E-state index contributed by atoms with van der Waals surface area (Å²) in [5, 5.41) is 14.2. The lowest BCUT2D eigenvalue weighted by molar-refractivity contribution is 0.0991. The van der Waals surface area contributed by atoms with Crippen LogP contribution in [0, 0.1) is 0 Å². The Balaban J connectivity index is 1.57. The summed E-state index contributed by atoms with van der Waals surface area (Å²) in [5.74, 6) is 0.319. The minimum Gasteiger partial charge on any atom is -0.423 e. The lowest BCUT2D eigenvalue weighted by atomic mass is 9.77. The summed E-state index contributed by atoms with van der Waals surface area (Å²) in [5.41, 5.74) is 2.16. The number of aromatic nitrogens is 4. The third-order valence-corrected chi connectivity index (χ3v) is 4.88. The molecule has 0 unspecified atom stereocenters. The second-order valence-corrected chi connectivity index (χ2v) is 7.21. The molecule has 0 fully saturated rings. The summed E-state index contributed by atoms with van der Waals surface area (Å²) in [6, 6.07) is 8.85. The zero-order valence-corrected chi connectivity index (χ0v) is 15.5. The van der Waals surface area contributed by atoms with Crippen LogP contribution in [0.1, 0.15) is 35.3 Å². The van der Waals surface area contributed by atoms with E-state index >= 15 is 0 Å². The number of Topliss-reactive ketones (excluding diaryl/α,β-unsaturated/α-hetero) is 1. The summed E-state index contributed by atoms with van der Waals surface area (Å²) in [4.78, 5) is 20.8. The number of hydrogen-bond donors (Lipinski definition) is 1. The van der Waals surface area contributed by atoms with Gasteiger partial charge in [0.2, 0.25) is 0 Å². The second-order valence-electron chi connectivity index (χ2n) is 6.85. The first kappa shape index (κ1) is 17.8. The van der Waals surface area contributed by atoms with E-state index in [0.29, 0.717) is 16.8 Å². The molecule has 3 heterocycles. The first-order chi connectivity index (χ1) is 12.8. The summed E-state index contributed by atoms with van der Waals surface area (Å²) in [6.07, 6.45) is 3.03. The fourth-order valence-electron chi connectivity index (χ4n) is 3.25. The van der Waals surface area contributed by atoms with Crippen LogP contribution in [0.5, 0.6) is 0 Å². The Kier molecular flexibility index (Phi) is 4.34. The van der Waals surface area contributed by atoms with E-state index in [1.54, 1.807) is 18.2 Å². The molecule has 0 bridgehead atoms. The highest BCUT2D eigenvalue weighted by molar-refractivity contribution is 6.62. The quantitative estimate of drug-likeness (QED) is 0.419. The average molecular weight is 383 g/mol. The van der Waals surface area contributed by atoms with Crippen molar-refractivity contribution < 1.29 is 14.5 Å². The van der Waals surface area contributed by atoms with Gasteiger partial charge in [-0.1, -0.05) is 29.8 Å². The normalized spacial score (nSPS) is 15.0.